The minimum Gasteiger partial charge on any atom is -0.493 e. The van der Waals surface area contributed by atoms with Crippen LogP contribution in [0, 0.1) is 13.8 Å². The number of hydrogen-bond donors (Lipinski definition) is 0. The Hall–Kier alpha value is -2.63. The van der Waals surface area contributed by atoms with Crippen molar-refractivity contribution in [3.8, 4) is 11.5 Å². The molecule has 0 aliphatic rings. The fourth-order valence-electron chi connectivity index (χ4n) is 2.58. The number of carbonyl (C=O) groups is 1. The first-order valence-corrected chi connectivity index (χ1v) is 7.89. The molecule has 0 aliphatic heterocycles. The Morgan fingerprint density at radius 1 is 1.12 bits per heavy atom. The lowest BCUT2D eigenvalue weighted by atomic mass is 10.1. The average molecular weight is 349 g/mol. The predicted molar refractivity (Wildman–Crippen MR) is 92.9 cm³/mol. The molecule has 0 aromatic heterocycles. The number of aryl methyl sites for hydroxylation is 2. The van der Waals surface area contributed by atoms with E-state index in [4.69, 9.17) is 4.74 Å². The summed E-state index contributed by atoms with van der Waals surface area (Å²) in [4.78, 5) is 14.6. The second-order valence-electron chi connectivity index (χ2n) is 5.58. The summed E-state index contributed by atoms with van der Waals surface area (Å²) in [6.07, 6.45) is 0. The third-order valence-corrected chi connectivity index (χ3v) is 3.84. The number of anilines is 1. The molecule has 0 saturated heterocycles. The number of methoxy groups -OCH3 is 1. The Labute approximate surface area is 146 Å². The van der Waals surface area contributed by atoms with Gasteiger partial charge in [-0.3, -0.25) is 4.79 Å². The molecule has 0 heterocycles. The number of carbonyl (C=O) groups excluding carboxylic acids is 1. The number of alkyl halides is 2. The minimum atomic E-state index is -2.96. The highest BCUT2D eigenvalue weighted by atomic mass is 19.3. The van der Waals surface area contributed by atoms with Crippen LogP contribution in [0.1, 0.15) is 28.4 Å². The highest BCUT2D eigenvalue weighted by Gasteiger charge is 2.20. The van der Waals surface area contributed by atoms with Crippen LogP contribution >= 0.6 is 0 Å². The van der Waals surface area contributed by atoms with E-state index >= 15 is 0 Å². The van der Waals surface area contributed by atoms with E-state index in [1.54, 1.807) is 4.90 Å². The summed E-state index contributed by atoms with van der Waals surface area (Å²) in [5.41, 5.74) is 3.18. The van der Waals surface area contributed by atoms with E-state index in [-0.39, 0.29) is 17.4 Å². The lowest BCUT2D eigenvalue weighted by molar-refractivity contribution is -0.0512. The number of amides is 1. The SMILES string of the molecule is CCN(C(=O)c1ccc(OC(F)F)c(OC)c1)c1cc(C)ccc1C. The van der Waals surface area contributed by atoms with Gasteiger partial charge in [0.05, 0.1) is 7.11 Å². The number of ether oxygens (including phenoxy) is 2. The van der Waals surface area contributed by atoms with Crippen molar-refractivity contribution in [2.45, 2.75) is 27.4 Å². The molecule has 4 nitrogen and oxygen atoms in total. The highest BCUT2D eigenvalue weighted by Crippen LogP contribution is 2.31. The third kappa shape index (κ3) is 4.26. The van der Waals surface area contributed by atoms with Crippen molar-refractivity contribution in [3.05, 3.63) is 53.1 Å². The molecule has 2 rings (SSSR count). The van der Waals surface area contributed by atoms with Crippen LogP contribution < -0.4 is 14.4 Å². The van der Waals surface area contributed by atoms with Gasteiger partial charge in [0.25, 0.3) is 5.91 Å². The largest absolute Gasteiger partial charge is 0.493 e. The normalized spacial score (nSPS) is 10.7. The molecular weight excluding hydrogens is 328 g/mol. The second kappa shape index (κ2) is 7.96. The lowest BCUT2D eigenvalue weighted by Crippen LogP contribution is -2.31. The fourth-order valence-corrected chi connectivity index (χ4v) is 2.58. The average Bonchev–Trinajstić information content (AvgIpc) is 2.58. The van der Waals surface area contributed by atoms with Gasteiger partial charge in [0.15, 0.2) is 11.5 Å². The van der Waals surface area contributed by atoms with E-state index in [9.17, 15) is 13.6 Å². The van der Waals surface area contributed by atoms with Gasteiger partial charge in [-0.1, -0.05) is 12.1 Å². The molecule has 134 valence electrons. The van der Waals surface area contributed by atoms with Gasteiger partial charge in [0.2, 0.25) is 0 Å². The molecule has 1 amide bonds. The Morgan fingerprint density at radius 3 is 2.44 bits per heavy atom. The van der Waals surface area contributed by atoms with Crippen LogP contribution in [0.25, 0.3) is 0 Å². The smallest absolute Gasteiger partial charge is 0.387 e. The van der Waals surface area contributed by atoms with Crippen LogP contribution in [0.2, 0.25) is 0 Å². The quantitative estimate of drug-likeness (QED) is 0.766. The van der Waals surface area contributed by atoms with Gasteiger partial charge in [-0.2, -0.15) is 8.78 Å². The third-order valence-electron chi connectivity index (χ3n) is 3.84. The van der Waals surface area contributed by atoms with Crippen molar-refractivity contribution in [2.75, 3.05) is 18.6 Å². The molecule has 0 unspecified atom stereocenters. The fraction of sp³-hybridized carbons (Fsp3) is 0.316. The predicted octanol–water partition coefficient (Wildman–Crippen LogP) is 4.58. The van der Waals surface area contributed by atoms with Gasteiger partial charge >= 0.3 is 6.61 Å². The molecule has 0 fully saturated rings. The summed E-state index contributed by atoms with van der Waals surface area (Å²) in [5.74, 6) is -0.259. The van der Waals surface area contributed by atoms with Gasteiger partial charge < -0.3 is 14.4 Å². The minimum absolute atomic E-state index is 0.0863. The molecule has 0 aliphatic carbocycles. The molecule has 0 radical (unpaired) electrons. The topological polar surface area (TPSA) is 38.8 Å². The van der Waals surface area contributed by atoms with Crippen LogP contribution in [0.4, 0.5) is 14.5 Å². The Kier molecular flexibility index (Phi) is 5.96. The Bertz CT molecular complexity index is 762. The van der Waals surface area contributed by atoms with Gasteiger partial charge in [-0.05, 0) is 56.2 Å². The maximum atomic E-state index is 12.9. The Morgan fingerprint density at radius 2 is 1.84 bits per heavy atom. The highest BCUT2D eigenvalue weighted by molar-refractivity contribution is 6.06. The molecule has 0 spiro atoms. The van der Waals surface area contributed by atoms with Crippen molar-refractivity contribution < 1.29 is 23.0 Å². The van der Waals surface area contributed by atoms with E-state index in [0.29, 0.717) is 12.1 Å². The number of rotatable bonds is 6. The molecule has 0 saturated carbocycles. The second-order valence-corrected chi connectivity index (χ2v) is 5.58. The molecule has 0 atom stereocenters. The van der Waals surface area contributed by atoms with Gasteiger partial charge in [0.1, 0.15) is 0 Å². The molecule has 6 heteroatoms. The van der Waals surface area contributed by atoms with E-state index in [1.165, 1.54) is 25.3 Å². The molecule has 2 aromatic rings. The zero-order chi connectivity index (χ0) is 18.6. The lowest BCUT2D eigenvalue weighted by Gasteiger charge is -2.24. The molecule has 25 heavy (non-hydrogen) atoms. The summed E-state index contributed by atoms with van der Waals surface area (Å²) >= 11 is 0. The summed E-state index contributed by atoms with van der Waals surface area (Å²) < 4.78 is 34.3. The molecule has 0 N–H and O–H groups in total. The van der Waals surface area contributed by atoms with Crippen molar-refractivity contribution in [1.29, 1.82) is 0 Å². The van der Waals surface area contributed by atoms with Crippen LogP contribution in [-0.2, 0) is 0 Å². The number of hydrogen-bond acceptors (Lipinski definition) is 3. The summed E-state index contributed by atoms with van der Waals surface area (Å²) in [6.45, 7) is 3.29. The number of halogens is 2. The standard InChI is InChI=1S/C19H21F2NO3/c1-5-22(15-10-12(2)6-7-13(15)3)18(23)14-8-9-16(25-19(20)21)17(11-14)24-4/h6-11,19H,5H2,1-4H3. The van der Waals surface area contributed by atoms with E-state index < -0.39 is 6.61 Å². The summed E-state index contributed by atoms with van der Waals surface area (Å²) in [7, 11) is 1.34. The number of benzene rings is 2. The first-order valence-electron chi connectivity index (χ1n) is 7.89. The van der Waals surface area contributed by atoms with E-state index in [2.05, 4.69) is 4.74 Å². The van der Waals surface area contributed by atoms with Crippen molar-refractivity contribution in [3.63, 3.8) is 0 Å². The van der Waals surface area contributed by atoms with Crippen LogP contribution in [-0.4, -0.2) is 26.2 Å². The van der Waals surface area contributed by atoms with Gasteiger partial charge in [-0.15, -0.1) is 0 Å². The van der Waals surface area contributed by atoms with Crippen LogP contribution in [0.5, 0.6) is 11.5 Å². The van der Waals surface area contributed by atoms with Crippen molar-refractivity contribution in [1.82, 2.24) is 0 Å². The van der Waals surface area contributed by atoms with E-state index in [1.807, 2.05) is 39.0 Å². The molecule has 0 bridgehead atoms. The maximum Gasteiger partial charge on any atom is 0.387 e. The monoisotopic (exact) mass is 349 g/mol. The number of nitrogens with zero attached hydrogens (tertiary/aromatic N) is 1. The van der Waals surface area contributed by atoms with E-state index in [0.717, 1.165) is 16.8 Å². The van der Waals surface area contributed by atoms with Crippen molar-refractivity contribution >= 4 is 11.6 Å². The summed E-state index contributed by atoms with van der Waals surface area (Å²) in [5, 5.41) is 0. The van der Waals surface area contributed by atoms with Crippen LogP contribution in [0.15, 0.2) is 36.4 Å². The van der Waals surface area contributed by atoms with Gasteiger partial charge in [-0.25, -0.2) is 0 Å². The maximum absolute atomic E-state index is 12.9. The van der Waals surface area contributed by atoms with Crippen molar-refractivity contribution in [2.24, 2.45) is 0 Å². The zero-order valence-electron chi connectivity index (χ0n) is 14.7. The first-order chi connectivity index (χ1) is 11.9. The zero-order valence-corrected chi connectivity index (χ0v) is 14.7. The first kappa shape index (κ1) is 18.7. The van der Waals surface area contributed by atoms with Gasteiger partial charge in [0, 0.05) is 17.8 Å². The molecule has 2 aromatic carbocycles. The van der Waals surface area contributed by atoms with Crippen LogP contribution in [0.3, 0.4) is 0 Å². The summed E-state index contributed by atoms with van der Waals surface area (Å²) in [6, 6.07) is 10.1. The molecular formula is C19H21F2NO3. The Balaban J connectivity index is 2.39.